The van der Waals surface area contributed by atoms with E-state index in [1.807, 2.05) is 26.0 Å². The Kier molecular flexibility index (Phi) is 5.27. The van der Waals surface area contributed by atoms with Gasteiger partial charge < -0.3 is 9.64 Å². The number of aromatic nitrogens is 2. The number of carbonyl (C=O) groups excluding carboxylic acids is 1. The van der Waals surface area contributed by atoms with Gasteiger partial charge in [0.05, 0.1) is 7.11 Å². The van der Waals surface area contributed by atoms with Crippen LogP contribution in [0.25, 0.3) is 10.6 Å². The molecule has 1 amide bonds. The van der Waals surface area contributed by atoms with Crippen molar-refractivity contribution in [3.8, 4) is 16.3 Å². The third-order valence-corrected chi connectivity index (χ3v) is 4.69. The van der Waals surface area contributed by atoms with Gasteiger partial charge in [0.2, 0.25) is 0 Å². The molecule has 2 aromatic heterocycles. The molecule has 3 aromatic rings. The normalized spacial score (nSPS) is 10.8. The first-order valence-electron chi connectivity index (χ1n) is 8.04. The molecule has 0 N–H and O–H groups in total. The largest absolute Gasteiger partial charge is 0.494 e. The van der Waals surface area contributed by atoms with Crippen LogP contribution in [-0.4, -0.2) is 29.0 Å². The highest BCUT2D eigenvalue weighted by Gasteiger charge is 2.24. The summed E-state index contributed by atoms with van der Waals surface area (Å²) in [6.45, 7) is 3.74. The highest BCUT2D eigenvalue weighted by atomic mass is 32.1. The summed E-state index contributed by atoms with van der Waals surface area (Å²) in [6, 6.07) is 7.99. The Labute approximate surface area is 155 Å². The maximum Gasteiger partial charge on any atom is 0.278 e. The quantitative estimate of drug-likeness (QED) is 0.667. The molecule has 0 radical (unpaired) electrons. The second-order valence-corrected chi connectivity index (χ2v) is 6.72. The third-order valence-electron chi connectivity index (χ3n) is 3.80. The molecule has 0 bridgehead atoms. The number of carbonyl (C=O) groups is 1. The van der Waals surface area contributed by atoms with Crippen LogP contribution in [0.4, 0.5) is 10.1 Å². The minimum atomic E-state index is -0.515. The number of rotatable bonds is 5. The molecule has 0 unspecified atom stereocenters. The van der Waals surface area contributed by atoms with Crippen LogP contribution in [0.5, 0.6) is 5.75 Å². The first-order chi connectivity index (χ1) is 12.5. The molecule has 1 aromatic carbocycles. The molecule has 3 rings (SSSR count). The lowest BCUT2D eigenvalue weighted by atomic mass is 10.2. The van der Waals surface area contributed by atoms with Gasteiger partial charge in [0.1, 0.15) is 10.7 Å². The van der Waals surface area contributed by atoms with Gasteiger partial charge in [0.25, 0.3) is 5.91 Å². The van der Waals surface area contributed by atoms with Gasteiger partial charge in [-0.2, -0.15) is 0 Å². The number of ether oxygens (including phenoxy) is 1. The van der Waals surface area contributed by atoms with Gasteiger partial charge in [-0.3, -0.25) is 9.78 Å². The summed E-state index contributed by atoms with van der Waals surface area (Å²) in [7, 11) is 1.40. The molecule has 0 aliphatic rings. The van der Waals surface area contributed by atoms with E-state index in [1.54, 1.807) is 23.8 Å². The number of amides is 1. The van der Waals surface area contributed by atoms with E-state index in [2.05, 4.69) is 9.97 Å². The summed E-state index contributed by atoms with van der Waals surface area (Å²) >= 11 is 1.38. The molecule has 0 aliphatic carbocycles. The summed E-state index contributed by atoms with van der Waals surface area (Å²) in [5.41, 5.74) is 1.68. The van der Waals surface area contributed by atoms with Crippen LogP contribution < -0.4 is 9.64 Å². The Hall–Kier alpha value is -2.80. The van der Waals surface area contributed by atoms with E-state index in [-0.39, 0.29) is 17.7 Å². The molecule has 5 nitrogen and oxygen atoms in total. The number of halogens is 1. The zero-order valence-electron chi connectivity index (χ0n) is 14.6. The summed E-state index contributed by atoms with van der Waals surface area (Å²) in [5.74, 6) is -0.654. The van der Waals surface area contributed by atoms with Crippen molar-refractivity contribution in [3.63, 3.8) is 0 Å². The molecule has 0 spiro atoms. The molecular formula is C19H18FN3O2S. The summed E-state index contributed by atoms with van der Waals surface area (Å²) < 4.78 is 19.0. The van der Waals surface area contributed by atoms with Gasteiger partial charge in [0, 0.05) is 41.1 Å². The minimum Gasteiger partial charge on any atom is -0.494 e. The van der Waals surface area contributed by atoms with Gasteiger partial charge in [-0.1, -0.05) is 0 Å². The molecule has 7 heteroatoms. The number of hydrogen-bond donors (Lipinski definition) is 0. The van der Waals surface area contributed by atoms with Crippen molar-refractivity contribution < 1.29 is 13.9 Å². The van der Waals surface area contributed by atoms with Crippen molar-refractivity contribution in [3.05, 3.63) is 59.6 Å². The van der Waals surface area contributed by atoms with Gasteiger partial charge >= 0.3 is 0 Å². The number of pyridine rings is 1. The van der Waals surface area contributed by atoms with Crippen molar-refractivity contribution in [2.75, 3.05) is 12.0 Å². The SMILES string of the molecule is COc1ccc(N(C(=O)c2csc(-c3ccncc3)n2)C(C)C)cc1F. The molecule has 134 valence electrons. The smallest absolute Gasteiger partial charge is 0.278 e. The Bertz CT molecular complexity index is 912. The maximum atomic E-state index is 14.1. The van der Waals surface area contributed by atoms with Crippen LogP contribution in [0.1, 0.15) is 24.3 Å². The monoisotopic (exact) mass is 371 g/mol. The van der Waals surface area contributed by atoms with Crippen LogP contribution >= 0.6 is 11.3 Å². The van der Waals surface area contributed by atoms with Crippen molar-refractivity contribution in [2.45, 2.75) is 19.9 Å². The number of nitrogens with zero attached hydrogens (tertiary/aromatic N) is 3. The number of methoxy groups -OCH3 is 1. The number of benzene rings is 1. The fourth-order valence-corrected chi connectivity index (χ4v) is 3.38. The molecule has 0 saturated carbocycles. The molecule has 0 fully saturated rings. The molecule has 0 aliphatic heterocycles. The van der Waals surface area contributed by atoms with Crippen molar-refractivity contribution in [1.29, 1.82) is 0 Å². The van der Waals surface area contributed by atoms with Crippen molar-refractivity contribution >= 4 is 22.9 Å². The average molecular weight is 371 g/mol. The van der Waals surface area contributed by atoms with Crippen LogP contribution in [0, 0.1) is 5.82 Å². The molecule has 2 heterocycles. The van der Waals surface area contributed by atoms with E-state index in [9.17, 15) is 9.18 Å². The Morgan fingerprint density at radius 2 is 1.96 bits per heavy atom. The predicted octanol–water partition coefficient (Wildman–Crippen LogP) is 4.41. The summed E-state index contributed by atoms with van der Waals surface area (Å²) in [5, 5.41) is 2.45. The Morgan fingerprint density at radius 3 is 2.58 bits per heavy atom. The molecular weight excluding hydrogens is 353 g/mol. The lowest BCUT2D eigenvalue weighted by molar-refractivity contribution is 0.0976. The van der Waals surface area contributed by atoms with Crippen LogP contribution in [-0.2, 0) is 0 Å². The van der Waals surface area contributed by atoms with E-state index < -0.39 is 5.82 Å². The fraction of sp³-hybridized carbons (Fsp3) is 0.211. The van der Waals surface area contributed by atoms with Gasteiger partial charge in [-0.15, -0.1) is 11.3 Å². The van der Waals surface area contributed by atoms with Gasteiger partial charge in [-0.25, -0.2) is 9.37 Å². The van der Waals surface area contributed by atoms with E-state index in [4.69, 9.17) is 4.74 Å². The lowest BCUT2D eigenvalue weighted by Crippen LogP contribution is -2.37. The third kappa shape index (κ3) is 3.57. The molecule has 0 atom stereocenters. The van der Waals surface area contributed by atoms with Gasteiger partial charge in [0.15, 0.2) is 11.6 Å². The molecule has 0 saturated heterocycles. The van der Waals surface area contributed by atoms with E-state index in [1.165, 1.54) is 35.5 Å². The maximum absolute atomic E-state index is 14.1. The van der Waals surface area contributed by atoms with E-state index in [0.717, 1.165) is 10.6 Å². The number of hydrogen-bond acceptors (Lipinski definition) is 5. The number of anilines is 1. The van der Waals surface area contributed by atoms with Crippen molar-refractivity contribution in [2.24, 2.45) is 0 Å². The Balaban J connectivity index is 1.93. The van der Waals surface area contributed by atoms with Crippen molar-refractivity contribution in [1.82, 2.24) is 9.97 Å². The second-order valence-electron chi connectivity index (χ2n) is 5.86. The van der Waals surface area contributed by atoms with Crippen LogP contribution in [0.3, 0.4) is 0 Å². The van der Waals surface area contributed by atoms with Crippen LogP contribution in [0.15, 0.2) is 48.1 Å². The average Bonchev–Trinajstić information content (AvgIpc) is 3.12. The molecule has 26 heavy (non-hydrogen) atoms. The van der Waals surface area contributed by atoms with Crippen LogP contribution in [0.2, 0.25) is 0 Å². The minimum absolute atomic E-state index is 0.138. The predicted molar refractivity (Wildman–Crippen MR) is 100 cm³/mol. The topological polar surface area (TPSA) is 55.3 Å². The fourth-order valence-electron chi connectivity index (χ4n) is 2.58. The Morgan fingerprint density at radius 1 is 1.23 bits per heavy atom. The number of thiazole rings is 1. The first-order valence-corrected chi connectivity index (χ1v) is 8.92. The first kappa shape index (κ1) is 18.0. The van der Waals surface area contributed by atoms with E-state index in [0.29, 0.717) is 11.4 Å². The summed E-state index contributed by atoms with van der Waals surface area (Å²) in [4.78, 5) is 23.0. The second kappa shape index (κ2) is 7.61. The van der Waals surface area contributed by atoms with Gasteiger partial charge in [-0.05, 0) is 38.1 Å². The zero-order chi connectivity index (χ0) is 18.7. The highest BCUT2D eigenvalue weighted by molar-refractivity contribution is 7.13. The zero-order valence-corrected chi connectivity index (χ0v) is 15.5. The summed E-state index contributed by atoms with van der Waals surface area (Å²) in [6.07, 6.45) is 3.36. The van der Waals surface area contributed by atoms with E-state index >= 15 is 0 Å². The lowest BCUT2D eigenvalue weighted by Gasteiger charge is -2.26. The standard InChI is InChI=1S/C19H18FN3O2S/c1-12(2)23(14-4-5-17(25-3)15(20)10-14)19(24)16-11-26-18(22-16)13-6-8-21-9-7-13/h4-12H,1-3H3. The highest BCUT2D eigenvalue weighted by Crippen LogP contribution is 2.28.